The average Bonchev–Trinajstić information content (AvgIpc) is 3.07. The fraction of sp³-hybridized carbons (Fsp3) is 0.300. The van der Waals surface area contributed by atoms with Crippen molar-refractivity contribution >= 4 is 23.8 Å². The number of halogens is 3. The van der Waals surface area contributed by atoms with Gasteiger partial charge < -0.3 is 4.74 Å². The second-order valence-corrected chi connectivity index (χ2v) is 7.61. The van der Waals surface area contributed by atoms with Gasteiger partial charge in [-0.1, -0.05) is 35.9 Å². The summed E-state index contributed by atoms with van der Waals surface area (Å²) in [6.07, 6.45) is 3.02. The van der Waals surface area contributed by atoms with Crippen molar-refractivity contribution in [2.75, 3.05) is 6.61 Å². The van der Waals surface area contributed by atoms with E-state index in [2.05, 4.69) is 10.1 Å². The Kier molecular flexibility index (Phi) is 5.31. The van der Waals surface area contributed by atoms with Crippen molar-refractivity contribution in [3.63, 3.8) is 0 Å². The van der Waals surface area contributed by atoms with E-state index in [4.69, 9.17) is 28.6 Å². The third-order valence-corrected chi connectivity index (χ3v) is 5.91. The number of hydrogen-bond acceptors (Lipinski definition) is 3. The van der Waals surface area contributed by atoms with Crippen molar-refractivity contribution in [3.8, 4) is 0 Å². The minimum atomic E-state index is -1.12. The molecule has 1 aliphatic heterocycles. The van der Waals surface area contributed by atoms with Gasteiger partial charge in [-0.25, -0.2) is 13.8 Å². The summed E-state index contributed by atoms with van der Waals surface area (Å²) >= 11 is 11.8. The van der Waals surface area contributed by atoms with Crippen molar-refractivity contribution in [1.82, 2.24) is 14.8 Å². The highest BCUT2D eigenvalue weighted by atomic mass is 35.5. The number of aromatic nitrogens is 3. The van der Waals surface area contributed by atoms with Crippen LogP contribution in [0.4, 0.5) is 8.78 Å². The lowest BCUT2D eigenvalue weighted by molar-refractivity contribution is -0.115. The smallest absolute Gasteiger partial charge is 0.215 e. The third kappa shape index (κ3) is 3.38. The second kappa shape index (κ2) is 7.73. The largest absolute Gasteiger partial charge is 0.368 e. The van der Waals surface area contributed by atoms with E-state index in [1.807, 2.05) is 18.2 Å². The molecule has 0 amide bonds. The normalized spacial score (nSPS) is 22.3. The Morgan fingerprint density at radius 3 is 2.82 bits per heavy atom. The lowest BCUT2D eigenvalue weighted by Crippen LogP contribution is -2.45. The van der Waals surface area contributed by atoms with Crippen LogP contribution >= 0.6 is 23.8 Å². The number of H-pyrrole nitrogens is 1. The number of nitrogens with one attached hydrogen (secondary N) is 1. The molecule has 2 atom stereocenters. The summed E-state index contributed by atoms with van der Waals surface area (Å²) in [6.45, 7) is 0.642. The van der Waals surface area contributed by atoms with Crippen molar-refractivity contribution in [2.45, 2.75) is 30.9 Å². The SMILES string of the molecule is Fc1ccc(C2(Cn3[nH]cnc3=S)OCCCC2c2ccccc2Cl)c(F)c1. The highest BCUT2D eigenvalue weighted by Gasteiger charge is 2.47. The van der Waals surface area contributed by atoms with Crippen LogP contribution < -0.4 is 0 Å². The van der Waals surface area contributed by atoms with Gasteiger partial charge in [0.1, 0.15) is 23.6 Å². The summed E-state index contributed by atoms with van der Waals surface area (Å²) in [5.41, 5.74) is 0.0137. The van der Waals surface area contributed by atoms with E-state index >= 15 is 0 Å². The molecule has 2 aromatic carbocycles. The van der Waals surface area contributed by atoms with Gasteiger partial charge >= 0.3 is 0 Å². The van der Waals surface area contributed by atoms with E-state index in [1.54, 1.807) is 10.7 Å². The van der Waals surface area contributed by atoms with Crippen LogP contribution in [0.15, 0.2) is 48.8 Å². The van der Waals surface area contributed by atoms with Gasteiger partial charge in [-0.2, -0.15) is 0 Å². The maximum absolute atomic E-state index is 15.0. The summed E-state index contributed by atoms with van der Waals surface area (Å²) in [5.74, 6) is -1.55. The third-order valence-electron chi connectivity index (χ3n) is 5.24. The second-order valence-electron chi connectivity index (χ2n) is 6.83. The highest BCUT2D eigenvalue weighted by molar-refractivity contribution is 7.71. The van der Waals surface area contributed by atoms with Gasteiger partial charge in [0.15, 0.2) is 0 Å². The van der Waals surface area contributed by atoms with Gasteiger partial charge in [0.2, 0.25) is 4.77 Å². The van der Waals surface area contributed by atoms with Crippen molar-refractivity contribution in [1.29, 1.82) is 0 Å². The van der Waals surface area contributed by atoms with Gasteiger partial charge in [0, 0.05) is 29.2 Å². The van der Waals surface area contributed by atoms with Crippen molar-refractivity contribution in [3.05, 3.63) is 81.3 Å². The standard InChI is InChI=1S/C20H18ClF2N3OS/c21-17-6-2-1-4-14(17)15-5-3-9-27-20(15,11-26-19(28)24-12-25-26)16-8-7-13(22)10-18(16)23/h1-2,4,6-8,10,12,15H,3,5,9,11H2,(H,24,25,28). The van der Waals surface area contributed by atoms with E-state index in [0.717, 1.165) is 24.5 Å². The van der Waals surface area contributed by atoms with Crippen LogP contribution in [0, 0.1) is 16.4 Å². The van der Waals surface area contributed by atoms with E-state index < -0.39 is 17.2 Å². The number of nitrogens with zero attached hydrogens (tertiary/aromatic N) is 2. The maximum atomic E-state index is 15.0. The van der Waals surface area contributed by atoms with Crippen LogP contribution in [0.3, 0.4) is 0 Å². The molecule has 1 fully saturated rings. The molecule has 1 aliphatic rings. The molecule has 2 heterocycles. The number of rotatable bonds is 4. The van der Waals surface area contributed by atoms with Crippen LogP contribution in [-0.4, -0.2) is 21.4 Å². The fourth-order valence-corrected chi connectivity index (χ4v) is 4.44. The van der Waals surface area contributed by atoms with Crippen molar-refractivity contribution < 1.29 is 13.5 Å². The zero-order chi connectivity index (χ0) is 19.7. The van der Waals surface area contributed by atoms with Crippen LogP contribution in [0.1, 0.15) is 29.9 Å². The van der Waals surface area contributed by atoms with Gasteiger partial charge in [0.05, 0.1) is 6.54 Å². The Morgan fingerprint density at radius 2 is 2.11 bits per heavy atom. The molecule has 1 N–H and O–H groups in total. The van der Waals surface area contributed by atoms with Gasteiger partial charge in [0.25, 0.3) is 0 Å². The summed E-state index contributed by atoms with van der Waals surface area (Å²) in [6, 6.07) is 11.0. The van der Waals surface area contributed by atoms with Crippen LogP contribution in [-0.2, 0) is 16.9 Å². The highest BCUT2D eigenvalue weighted by Crippen LogP contribution is 2.49. The first-order valence-corrected chi connectivity index (χ1v) is 9.74. The molecule has 2 unspecified atom stereocenters. The molecular formula is C20H18ClF2N3OS. The molecule has 1 saturated heterocycles. The molecule has 28 heavy (non-hydrogen) atoms. The number of hydrogen-bond donors (Lipinski definition) is 1. The van der Waals surface area contributed by atoms with Gasteiger partial charge in [-0.05, 0) is 42.8 Å². The zero-order valence-electron chi connectivity index (χ0n) is 14.9. The lowest BCUT2D eigenvalue weighted by atomic mass is 9.73. The molecular weight excluding hydrogens is 404 g/mol. The topological polar surface area (TPSA) is 42.8 Å². The van der Waals surface area contributed by atoms with Crippen LogP contribution in [0.2, 0.25) is 5.02 Å². The predicted molar refractivity (Wildman–Crippen MR) is 105 cm³/mol. The molecule has 0 radical (unpaired) electrons. The zero-order valence-corrected chi connectivity index (χ0v) is 16.4. The van der Waals surface area contributed by atoms with E-state index in [0.29, 0.717) is 16.4 Å². The average molecular weight is 422 g/mol. The molecule has 4 nitrogen and oxygen atoms in total. The molecule has 0 saturated carbocycles. The lowest BCUT2D eigenvalue weighted by Gasteiger charge is -2.45. The minimum Gasteiger partial charge on any atom is -0.368 e. The summed E-state index contributed by atoms with van der Waals surface area (Å²) in [7, 11) is 0. The first-order valence-electron chi connectivity index (χ1n) is 8.95. The maximum Gasteiger partial charge on any atom is 0.215 e. The molecule has 4 rings (SSSR count). The Labute approximate surface area is 171 Å². The molecule has 0 spiro atoms. The van der Waals surface area contributed by atoms with E-state index in [9.17, 15) is 8.78 Å². The van der Waals surface area contributed by atoms with E-state index in [1.165, 1.54) is 18.5 Å². The summed E-state index contributed by atoms with van der Waals surface area (Å²) in [4.78, 5) is 4.05. The predicted octanol–water partition coefficient (Wildman–Crippen LogP) is 5.36. The first kappa shape index (κ1) is 19.2. The quantitative estimate of drug-likeness (QED) is 0.576. The molecule has 8 heteroatoms. The summed E-state index contributed by atoms with van der Waals surface area (Å²) in [5, 5.41) is 3.54. The Hall–Kier alpha value is -2.09. The molecule has 146 valence electrons. The number of ether oxygens (including phenoxy) is 1. The summed E-state index contributed by atoms with van der Waals surface area (Å²) < 4.78 is 36.9. The van der Waals surface area contributed by atoms with E-state index in [-0.39, 0.29) is 18.0 Å². The number of benzene rings is 2. The first-order chi connectivity index (χ1) is 13.5. The molecule has 3 aromatic rings. The van der Waals surface area contributed by atoms with Crippen LogP contribution in [0.25, 0.3) is 0 Å². The molecule has 1 aromatic heterocycles. The Morgan fingerprint density at radius 1 is 1.29 bits per heavy atom. The molecule has 0 aliphatic carbocycles. The monoisotopic (exact) mass is 421 g/mol. The Bertz CT molecular complexity index is 1050. The van der Waals surface area contributed by atoms with Crippen LogP contribution in [0.5, 0.6) is 0 Å². The Balaban J connectivity index is 1.93. The number of aromatic amines is 1. The molecule has 0 bridgehead atoms. The minimum absolute atomic E-state index is 0.199. The van der Waals surface area contributed by atoms with Gasteiger partial charge in [-0.15, -0.1) is 0 Å². The fourth-order valence-electron chi connectivity index (χ4n) is 4.01. The van der Waals surface area contributed by atoms with Gasteiger partial charge in [-0.3, -0.25) is 9.78 Å². The van der Waals surface area contributed by atoms with Crippen molar-refractivity contribution in [2.24, 2.45) is 0 Å².